The molecule has 1 atom stereocenters. The molecule has 0 aliphatic carbocycles. The Morgan fingerprint density at radius 2 is 2.14 bits per heavy atom. The second-order valence-electron chi connectivity index (χ2n) is 6.13. The molecule has 1 aromatic heterocycles. The highest BCUT2D eigenvalue weighted by Gasteiger charge is 2.24. The Labute approximate surface area is 130 Å². The summed E-state index contributed by atoms with van der Waals surface area (Å²) in [7, 11) is 1.74. The van der Waals surface area contributed by atoms with Crippen molar-refractivity contribution < 1.29 is 9.90 Å². The van der Waals surface area contributed by atoms with E-state index < -0.39 is 6.10 Å². The minimum Gasteiger partial charge on any atom is -0.392 e. The van der Waals surface area contributed by atoms with E-state index in [9.17, 15) is 14.7 Å². The maximum absolute atomic E-state index is 12.0. The number of aliphatic hydroxyl groups excluding tert-OH is 1. The smallest absolute Gasteiger partial charge is 0.250 e. The van der Waals surface area contributed by atoms with Crippen molar-refractivity contribution in [2.45, 2.75) is 32.4 Å². The lowest BCUT2D eigenvalue weighted by atomic mass is 9.95. The van der Waals surface area contributed by atoms with Gasteiger partial charge in [0, 0.05) is 38.3 Å². The highest BCUT2D eigenvalue weighted by Crippen LogP contribution is 2.18. The Morgan fingerprint density at radius 1 is 1.45 bits per heavy atom. The molecule has 122 valence electrons. The minimum atomic E-state index is -0.510. The molecule has 1 fully saturated rings. The van der Waals surface area contributed by atoms with Gasteiger partial charge in [0.1, 0.15) is 0 Å². The molecule has 0 radical (unpaired) electrons. The number of hydrogen-bond donors (Lipinski definition) is 2. The number of carbonyl (C=O) groups is 1. The van der Waals surface area contributed by atoms with Crippen LogP contribution in [0.5, 0.6) is 0 Å². The summed E-state index contributed by atoms with van der Waals surface area (Å²) < 4.78 is 1.56. The molecule has 0 spiro atoms. The van der Waals surface area contributed by atoms with Crippen LogP contribution in [0.3, 0.4) is 0 Å². The number of nitrogens with one attached hydrogen (secondary N) is 1. The fourth-order valence-electron chi connectivity index (χ4n) is 2.69. The molecule has 0 unspecified atom stereocenters. The van der Waals surface area contributed by atoms with Crippen LogP contribution in [0, 0.1) is 5.92 Å². The summed E-state index contributed by atoms with van der Waals surface area (Å²) in [6.07, 6.45) is 2.91. The number of aryl methyl sites for hydroxylation is 1. The maximum Gasteiger partial charge on any atom is 0.250 e. The summed E-state index contributed by atoms with van der Waals surface area (Å²) in [5.41, 5.74) is 1.02. The molecule has 1 aliphatic rings. The molecule has 2 rings (SSSR count). The molecule has 1 saturated heterocycles. The Hall–Kier alpha value is -1.66. The van der Waals surface area contributed by atoms with Crippen molar-refractivity contribution in [1.82, 2.24) is 14.8 Å². The molecule has 1 aromatic rings. The number of rotatable bonds is 5. The molecule has 2 N–H and O–H groups in total. The van der Waals surface area contributed by atoms with E-state index in [1.54, 1.807) is 30.8 Å². The van der Waals surface area contributed by atoms with E-state index in [4.69, 9.17) is 0 Å². The average molecular weight is 307 g/mol. The maximum atomic E-state index is 12.0. The number of carbonyl (C=O) groups excluding carboxylic acids is 1. The number of aliphatic hydroxyl groups is 1. The van der Waals surface area contributed by atoms with Gasteiger partial charge in [0.15, 0.2) is 0 Å². The van der Waals surface area contributed by atoms with E-state index in [0.717, 1.165) is 38.0 Å². The van der Waals surface area contributed by atoms with Gasteiger partial charge in [-0.05, 0) is 44.5 Å². The largest absolute Gasteiger partial charge is 0.392 e. The quantitative estimate of drug-likeness (QED) is 0.809. The fourth-order valence-corrected chi connectivity index (χ4v) is 2.69. The van der Waals surface area contributed by atoms with Gasteiger partial charge in [0.25, 0.3) is 5.56 Å². The van der Waals surface area contributed by atoms with E-state index in [1.165, 1.54) is 0 Å². The van der Waals surface area contributed by atoms with Crippen LogP contribution in [0.1, 0.15) is 25.3 Å². The number of amides is 1. The van der Waals surface area contributed by atoms with E-state index in [1.807, 2.05) is 6.07 Å². The summed E-state index contributed by atoms with van der Waals surface area (Å²) in [5.74, 6) is 0.0628. The van der Waals surface area contributed by atoms with Gasteiger partial charge < -0.3 is 15.0 Å². The standard InChI is InChI=1S/C16H25N3O3/c1-12(20)10-17-16(22)14-4-7-19(8-5-14)11-13-3-6-18(2)15(21)9-13/h3,6,9,12,14,20H,4-5,7-8,10-11H2,1-2H3,(H,17,22)/t12-/m0/s1. The van der Waals surface area contributed by atoms with E-state index in [2.05, 4.69) is 10.2 Å². The van der Waals surface area contributed by atoms with E-state index in [-0.39, 0.29) is 17.4 Å². The summed E-state index contributed by atoms with van der Waals surface area (Å²) in [6, 6.07) is 3.63. The number of nitrogens with zero attached hydrogens (tertiary/aromatic N) is 2. The number of pyridine rings is 1. The van der Waals surface area contributed by atoms with Gasteiger partial charge in [-0.15, -0.1) is 0 Å². The second kappa shape index (κ2) is 7.56. The number of piperidine rings is 1. The molecule has 1 amide bonds. The van der Waals surface area contributed by atoms with Crippen LogP contribution >= 0.6 is 0 Å². The first-order valence-electron chi connectivity index (χ1n) is 7.79. The summed E-state index contributed by atoms with van der Waals surface area (Å²) in [4.78, 5) is 25.9. The zero-order valence-electron chi connectivity index (χ0n) is 13.3. The third-order valence-electron chi connectivity index (χ3n) is 4.10. The van der Waals surface area contributed by atoms with E-state index >= 15 is 0 Å². The SMILES string of the molecule is C[C@H](O)CNC(=O)C1CCN(Cc2ccn(C)c(=O)c2)CC1. The summed E-state index contributed by atoms with van der Waals surface area (Å²) in [5, 5.41) is 12.0. The normalized spacial score (nSPS) is 18.1. The van der Waals surface area contributed by atoms with Gasteiger partial charge >= 0.3 is 0 Å². The van der Waals surface area contributed by atoms with Crippen molar-refractivity contribution in [2.24, 2.45) is 13.0 Å². The van der Waals surface area contributed by atoms with Crippen LogP contribution < -0.4 is 10.9 Å². The second-order valence-corrected chi connectivity index (χ2v) is 6.13. The first kappa shape index (κ1) is 16.7. The molecule has 1 aliphatic heterocycles. The molecule has 6 heteroatoms. The van der Waals surface area contributed by atoms with E-state index in [0.29, 0.717) is 6.54 Å². The van der Waals surface area contributed by atoms with Crippen LogP contribution in [0.2, 0.25) is 0 Å². The van der Waals surface area contributed by atoms with Gasteiger partial charge in [-0.1, -0.05) is 0 Å². The number of aromatic nitrogens is 1. The molecular formula is C16H25N3O3. The third-order valence-corrected chi connectivity index (χ3v) is 4.10. The van der Waals surface area contributed by atoms with Crippen molar-refractivity contribution >= 4 is 5.91 Å². The Balaban J connectivity index is 1.80. The Kier molecular flexibility index (Phi) is 5.74. The molecule has 22 heavy (non-hydrogen) atoms. The average Bonchev–Trinajstić information content (AvgIpc) is 2.49. The molecule has 0 saturated carbocycles. The van der Waals surface area contributed by atoms with Gasteiger partial charge in [0.05, 0.1) is 6.10 Å². The lowest BCUT2D eigenvalue weighted by Gasteiger charge is -2.31. The van der Waals surface area contributed by atoms with Crippen molar-refractivity contribution in [1.29, 1.82) is 0 Å². The third kappa shape index (κ3) is 4.68. The topological polar surface area (TPSA) is 74.6 Å². The fraction of sp³-hybridized carbons (Fsp3) is 0.625. The van der Waals surface area contributed by atoms with Crippen molar-refractivity contribution in [2.75, 3.05) is 19.6 Å². The zero-order chi connectivity index (χ0) is 16.1. The van der Waals surface area contributed by atoms with Gasteiger partial charge in [-0.25, -0.2) is 0 Å². The first-order valence-corrected chi connectivity index (χ1v) is 7.79. The minimum absolute atomic E-state index is 0.00453. The lowest BCUT2D eigenvalue weighted by molar-refractivity contribution is -0.126. The molecule has 0 aromatic carbocycles. The predicted octanol–water partition coefficient (Wildman–Crippen LogP) is 0.0943. The summed E-state index contributed by atoms with van der Waals surface area (Å²) >= 11 is 0. The van der Waals surface area contributed by atoms with Crippen LogP contribution in [0.15, 0.2) is 23.1 Å². The van der Waals surface area contributed by atoms with Crippen LogP contribution in [-0.4, -0.2) is 46.2 Å². The highest BCUT2D eigenvalue weighted by molar-refractivity contribution is 5.78. The molecule has 2 heterocycles. The Bertz CT molecular complexity index is 560. The van der Waals surface area contributed by atoms with Crippen molar-refractivity contribution in [3.63, 3.8) is 0 Å². The van der Waals surface area contributed by atoms with Crippen molar-refractivity contribution in [3.8, 4) is 0 Å². The monoisotopic (exact) mass is 307 g/mol. The van der Waals surface area contributed by atoms with Crippen LogP contribution in [-0.2, 0) is 18.4 Å². The molecule has 6 nitrogen and oxygen atoms in total. The van der Waals surface area contributed by atoms with Crippen molar-refractivity contribution in [3.05, 3.63) is 34.2 Å². The molecule has 0 bridgehead atoms. The molecular weight excluding hydrogens is 282 g/mol. The van der Waals surface area contributed by atoms with Crippen LogP contribution in [0.4, 0.5) is 0 Å². The highest BCUT2D eigenvalue weighted by atomic mass is 16.3. The summed E-state index contributed by atoms with van der Waals surface area (Å²) in [6.45, 7) is 4.42. The van der Waals surface area contributed by atoms with Crippen LogP contribution in [0.25, 0.3) is 0 Å². The number of likely N-dealkylation sites (tertiary alicyclic amines) is 1. The predicted molar refractivity (Wildman–Crippen MR) is 84.4 cm³/mol. The Morgan fingerprint density at radius 3 is 2.73 bits per heavy atom. The number of hydrogen-bond acceptors (Lipinski definition) is 4. The zero-order valence-corrected chi connectivity index (χ0v) is 13.3. The van der Waals surface area contributed by atoms with Gasteiger partial charge in [-0.3, -0.25) is 14.5 Å². The van der Waals surface area contributed by atoms with Gasteiger partial charge in [0.2, 0.25) is 5.91 Å². The first-order chi connectivity index (χ1) is 10.5. The lowest BCUT2D eigenvalue weighted by Crippen LogP contribution is -2.41. The van der Waals surface area contributed by atoms with Gasteiger partial charge in [-0.2, -0.15) is 0 Å².